The summed E-state index contributed by atoms with van der Waals surface area (Å²) in [5, 5.41) is 0. The third-order valence-electron chi connectivity index (χ3n) is 12.1. The van der Waals surface area contributed by atoms with Gasteiger partial charge in [0.1, 0.15) is 13.2 Å². The van der Waals surface area contributed by atoms with Crippen molar-refractivity contribution >= 4 is 17.9 Å². The van der Waals surface area contributed by atoms with Gasteiger partial charge in [0.25, 0.3) is 0 Å². The second kappa shape index (κ2) is 56.9. The largest absolute Gasteiger partial charge is 0.462 e. The summed E-state index contributed by atoms with van der Waals surface area (Å²) in [6.45, 7) is 6.37. The number of hydrogen-bond acceptors (Lipinski definition) is 6. The van der Waals surface area contributed by atoms with Crippen LogP contribution in [0, 0.1) is 0 Å². The van der Waals surface area contributed by atoms with E-state index in [2.05, 4.69) is 118 Å². The number of ether oxygens (including phenoxy) is 3. The van der Waals surface area contributed by atoms with Crippen LogP contribution < -0.4 is 0 Å². The van der Waals surface area contributed by atoms with Crippen molar-refractivity contribution in [2.24, 2.45) is 0 Å². The van der Waals surface area contributed by atoms with E-state index < -0.39 is 6.10 Å². The monoisotopic (exact) mass is 959 g/mol. The van der Waals surface area contributed by atoms with Gasteiger partial charge in [-0.2, -0.15) is 0 Å². The molecule has 0 heterocycles. The second-order valence-corrected chi connectivity index (χ2v) is 18.8. The number of unbranched alkanes of at least 4 members (excludes halogenated alkanes) is 24. The molecule has 0 aromatic heterocycles. The molecule has 0 rings (SSSR count). The summed E-state index contributed by atoms with van der Waals surface area (Å²) in [7, 11) is 0. The number of rotatable bonds is 51. The van der Waals surface area contributed by atoms with Crippen molar-refractivity contribution in [1.29, 1.82) is 0 Å². The van der Waals surface area contributed by atoms with E-state index in [1.165, 1.54) is 109 Å². The van der Waals surface area contributed by atoms with Crippen LogP contribution in [0.3, 0.4) is 0 Å². The Labute approximate surface area is 426 Å². The molecule has 6 nitrogen and oxygen atoms in total. The minimum Gasteiger partial charge on any atom is -0.462 e. The lowest BCUT2D eigenvalue weighted by atomic mass is 10.0. The van der Waals surface area contributed by atoms with Crippen LogP contribution in [-0.4, -0.2) is 37.2 Å². The van der Waals surface area contributed by atoms with E-state index in [1.807, 2.05) is 0 Å². The SMILES string of the molecule is CC/C=C\C/C=C\C/C=C\C/C=C\C/C=C\CCCC(=O)OC(COC(=O)CCCCCCCC/C=C\C/C=C\C/C=C\CC)COC(=O)CCCCCCCCCCCCCCCCCCCC. The average Bonchev–Trinajstić information content (AvgIpc) is 3.35. The highest BCUT2D eigenvalue weighted by Crippen LogP contribution is 2.16. The van der Waals surface area contributed by atoms with Crippen molar-refractivity contribution in [3.63, 3.8) is 0 Å². The number of carbonyl (C=O) groups is 3. The predicted octanol–water partition coefficient (Wildman–Crippen LogP) is 19.3. The summed E-state index contributed by atoms with van der Waals surface area (Å²) in [5.41, 5.74) is 0. The molecule has 0 radical (unpaired) electrons. The molecule has 0 bridgehead atoms. The topological polar surface area (TPSA) is 78.9 Å². The van der Waals surface area contributed by atoms with Gasteiger partial charge in [-0.3, -0.25) is 14.4 Å². The van der Waals surface area contributed by atoms with E-state index in [0.717, 1.165) is 109 Å². The molecule has 0 aromatic rings. The zero-order valence-electron chi connectivity index (χ0n) is 45.0. The zero-order valence-corrected chi connectivity index (χ0v) is 45.0. The number of allylic oxidation sites excluding steroid dienone is 16. The lowest BCUT2D eigenvalue weighted by Gasteiger charge is -2.18. The Morgan fingerprint density at radius 1 is 0.304 bits per heavy atom. The number of carbonyl (C=O) groups excluding carboxylic acids is 3. The van der Waals surface area contributed by atoms with Crippen LogP contribution in [0.15, 0.2) is 97.2 Å². The molecule has 1 unspecified atom stereocenters. The van der Waals surface area contributed by atoms with E-state index in [0.29, 0.717) is 19.3 Å². The Morgan fingerprint density at radius 3 is 0.928 bits per heavy atom. The van der Waals surface area contributed by atoms with Crippen LogP contribution in [0.1, 0.15) is 265 Å². The molecule has 0 amide bonds. The molecule has 0 N–H and O–H groups in total. The second-order valence-electron chi connectivity index (χ2n) is 18.8. The molecule has 394 valence electrons. The van der Waals surface area contributed by atoms with E-state index in [-0.39, 0.29) is 37.5 Å². The summed E-state index contributed by atoms with van der Waals surface area (Å²) in [6.07, 6.45) is 75.5. The van der Waals surface area contributed by atoms with Crippen LogP contribution >= 0.6 is 0 Å². The molecule has 1 atom stereocenters. The normalized spacial score (nSPS) is 12.8. The van der Waals surface area contributed by atoms with Crippen molar-refractivity contribution in [2.75, 3.05) is 13.2 Å². The van der Waals surface area contributed by atoms with Crippen molar-refractivity contribution in [2.45, 2.75) is 271 Å². The minimum absolute atomic E-state index is 0.103. The van der Waals surface area contributed by atoms with Gasteiger partial charge in [0.15, 0.2) is 6.10 Å². The summed E-state index contributed by atoms with van der Waals surface area (Å²) >= 11 is 0. The Bertz CT molecular complexity index is 1380. The zero-order chi connectivity index (χ0) is 50.0. The summed E-state index contributed by atoms with van der Waals surface area (Å²) in [5.74, 6) is -0.970. The molecule has 0 saturated carbocycles. The Balaban J connectivity index is 4.47. The lowest BCUT2D eigenvalue weighted by molar-refractivity contribution is -0.167. The summed E-state index contributed by atoms with van der Waals surface area (Å²) < 4.78 is 16.8. The third kappa shape index (κ3) is 55.1. The molecule has 0 aliphatic heterocycles. The quantitative estimate of drug-likeness (QED) is 0.0262. The maximum Gasteiger partial charge on any atom is 0.306 e. The van der Waals surface area contributed by atoms with Crippen molar-refractivity contribution < 1.29 is 28.6 Å². The Morgan fingerprint density at radius 2 is 0.580 bits per heavy atom. The highest BCUT2D eigenvalue weighted by atomic mass is 16.6. The van der Waals surface area contributed by atoms with Crippen molar-refractivity contribution in [3.8, 4) is 0 Å². The van der Waals surface area contributed by atoms with Gasteiger partial charge in [-0.25, -0.2) is 0 Å². The number of hydrogen-bond donors (Lipinski definition) is 0. The maximum absolute atomic E-state index is 12.8. The lowest BCUT2D eigenvalue weighted by Crippen LogP contribution is -2.30. The molecule has 0 saturated heterocycles. The number of esters is 3. The fourth-order valence-electron chi connectivity index (χ4n) is 7.85. The first-order valence-electron chi connectivity index (χ1n) is 28.7. The average molecular weight is 960 g/mol. The maximum atomic E-state index is 12.8. The van der Waals surface area contributed by atoms with Gasteiger partial charge >= 0.3 is 17.9 Å². The Hall–Kier alpha value is -3.67. The van der Waals surface area contributed by atoms with Gasteiger partial charge in [-0.1, -0.05) is 253 Å². The van der Waals surface area contributed by atoms with E-state index in [9.17, 15) is 14.4 Å². The Kier molecular flexibility index (Phi) is 53.9. The van der Waals surface area contributed by atoms with Gasteiger partial charge in [-0.05, 0) is 89.9 Å². The standard InChI is InChI=1S/C63H106O6/c1-4-7-10-13-16-19-22-25-28-31-33-35-38-41-44-47-50-53-56-62(65)68-59-60(58-67-61(64)55-52-49-46-43-40-37-34-30-27-24-21-18-15-12-9-6-3)69-63(66)57-54-51-48-45-42-39-36-32-29-26-23-20-17-14-11-8-5-2/h8-9,11-12,17-18,20-21,26-27,29-30,36,39,45,48,60H,4-7,10,13-16,19,22-25,28,31-35,37-38,40-44,46-47,49-59H2,1-3H3/b11-8-,12-9-,20-17-,21-18-,29-26-,30-27-,39-36-,48-45-. The first kappa shape index (κ1) is 65.3. The minimum atomic E-state index is -0.813. The summed E-state index contributed by atoms with van der Waals surface area (Å²) in [4.78, 5) is 38.2. The molecule has 0 spiro atoms. The fraction of sp³-hybridized carbons (Fsp3) is 0.698. The van der Waals surface area contributed by atoms with Crippen LogP contribution in [-0.2, 0) is 28.6 Å². The smallest absolute Gasteiger partial charge is 0.306 e. The van der Waals surface area contributed by atoms with Crippen molar-refractivity contribution in [3.05, 3.63) is 97.2 Å². The highest BCUT2D eigenvalue weighted by molar-refractivity contribution is 5.71. The molecular weight excluding hydrogens is 853 g/mol. The summed E-state index contributed by atoms with van der Waals surface area (Å²) in [6, 6.07) is 0. The van der Waals surface area contributed by atoms with Gasteiger partial charge in [0, 0.05) is 19.3 Å². The van der Waals surface area contributed by atoms with Crippen LogP contribution in [0.25, 0.3) is 0 Å². The fourth-order valence-corrected chi connectivity index (χ4v) is 7.85. The van der Waals surface area contributed by atoms with E-state index in [4.69, 9.17) is 14.2 Å². The third-order valence-corrected chi connectivity index (χ3v) is 12.1. The van der Waals surface area contributed by atoms with Crippen LogP contribution in [0.5, 0.6) is 0 Å². The highest BCUT2D eigenvalue weighted by Gasteiger charge is 2.19. The molecule has 0 fully saturated rings. The first-order valence-corrected chi connectivity index (χ1v) is 28.7. The van der Waals surface area contributed by atoms with Crippen LogP contribution in [0.4, 0.5) is 0 Å². The predicted molar refractivity (Wildman–Crippen MR) is 297 cm³/mol. The molecule has 0 aliphatic rings. The molecule has 0 aromatic carbocycles. The van der Waals surface area contributed by atoms with Gasteiger partial charge in [-0.15, -0.1) is 0 Å². The van der Waals surface area contributed by atoms with Gasteiger partial charge < -0.3 is 14.2 Å². The van der Waals surface area contributed by atoms with E-state index >= 15 is 0 Å². The van der Waals surface area contributed by atoms with Gasteiger partial charge in [0.05, 0.1) is 0 Å². The first-order chi connectivity index (χ1) is 34.0. The molecular formula is C63H106O6. The van der Waals surface area contributed by atoms with Crippen molar-refractivity contribution in [1.82, 2.24) is 0 Å². The van der Waals surface area contributed by atoms with Gasteiger partial charge in [0.2, 0.25) is 0 Å². The molecule has 0 aliphatic carbocycles. The molecule has 6 heteroatoms. The van der Waals surface area contributed by atoms with E-state index in [1.54, 1.807) is 0 Å². The van der Waals surface area contributed by atoms with Crippen LogP contribution in [0.2, 0.25) is 0 Å². The molecule has 69 heavy (non-hydrogen) atoms.